The molecule has 0 aliphatic rings. The first-order chi connectivity index (χ1) is 15.0. The Balaban J connectivity index is 2.38. The minimum Gasteiger partial charge on any atom is -0.504 e. The lowest BCUT2D eigenvalue weighted by Crippen LogP contribution is -2.16. The van der Waals surface area contributed by atoms with E-state index in [0.29, 0.717) is 6.61 Å². The van der Waals surface area contributed by atoms with Gasteiger partial charge in [0.05, 0.1) is 25.5 Å². The molecule has 1 rings (SSSR count). The molecular formula is C24H39NO6. The van der Waals surface area contributed by atoms with Crippen LogP contribution in [0.4, 0.5) is 10.5 Å². The molecule has 0 aromatic heterocycles. The Morgan fingerprint density at radius 2 is 1.45 bits per heavy atom. The van der Waals surface area contributed by atoms with Gasteiger partial charge in [-0.15, -0.1) is 0 Å². The number of carbonyl (C=O) groups is 2. The van der Waals surface area contributed by atoms with Crippen LogP contribution in [0.25, 0.3) is 0 Å². The van der Waals surface area contributed by atoms with E-state index in [9.17, 15) is 14.7 Å². The highest BCUT2D eigenvalue weighted by Gasteiger charge is 2.21. The third-order valence-corrected chi connectivity index (χ3v) is 4.88. The number of phenols is 1. The van der Waals surface area contributed by atoms with Gasteiger partial charge in [-0.1, -0.05) is 64.7 Å². The third kappa shape index (κ3) is 10.4. The molecule has 0 radical (unpaired) electrons. The molecule has 7 nitrogen and oxygen atoms in total. The fourth-order valence-electron chi connectivity index (χ4n) is 3.23. The molecule has 0 heterocycles. The molecular weight excluding hydrogens is 398 g/mol. The number of amides is 1. The standard InChI is InChI=1S/C24H39NO6/c1-4-7-8-9-10-11-12-13-14-15-18-31-24(28)25-20-17-16-19(23(27)30-6-3)21(26)22(20)29-5-2/h16-17,26H,4-15,18H2,1-3H3,(H,25,28). The van der Waals surface area contributed by atoms with Crippen LogP contribution in [-0.4, -0.2) is 37.0 Å². The number of benzene rings is 1. The maximum Gasteiger partial charge on any atom is 0.411 e. The number of ether oxygens (including phenoxy) is 3. The molecule has 0 bridgehead atoms. The lowest BCUT2D eigenvalue weighted by molar-refractivity contribution is 0.0522. The molecule has 0 aliphatic heterocycles. The third-order valence-electron chi connectivity index (χ3n) is 4.88. The largest absolute Gasteiger partial charge is 0.504 e. The number of carbonyl (C=O) groups excluding carboxylic acids is 2. The number of esters is 1. The van der Waals surface area contributed by atoms with Crippen molar-refractivity contribution in [1.82, 2.24) is 0 Å². The van der Waals surface area contributed by atoms with Gasteiger partial charge < -0.3 is 19.3 Å². The Labute approximate surface area is 186 Å². The van der Waals surface area contributed by atoms with Crippen molar-refractivity contribution < 1.29 is 28.9 Å². The van der Waals surface area contributed by atoms with Gasteiger partial charge in [0, 0.05) is 0 Å². The SMILES string of the molecule is CCCCCCCCCCCCOC(=O)Nc1ccc(C(=O)OCC)c(O)c1OCC. The topological polar surface area (TPSA) is 94.1 Å². The summed E-state index contributed by atoms with van der Waals surface area (Å²) < 4.78 is 15.6. The predicted octanol–water partition coefficient (Wildman–Crippen LogP) is 6.44. The molecule has 2 N–H and O–H groups in total. The second-order valence-electron chi connectivity index (χ2n) is 7.43. The van der Waals surface area contributed by atoms with Crippen LogP contribution in [-0.2, 0) is 9.47 Å². The summed E-state index contributed by atoms with van der Waals surface area (Å²) in [7, 11) is 0. The van der Waals surface area contributed by atoms with E-state index < -0.39 is 12.1 Å². The highest BCUT2D eigenvalue weighted by atomic mass is 16.5. The van der Waals surface area contributed by atoms with E-state index in [-0.39, 0.29) is 36.0 Å². The number of aromatic hydroxyl groups is 1. The molecule has 0 atom stereocenters. The average molecular weight is 438 g/mol. The van der Waals surface area contributed by atoms with E-state index in [1.54, 1.807) is 13.8 Å². The summed E-state index contributed by atoms with van der Waals surface area (Å²) in [6.07, 6.45) is 11.5. The van der Waals surface area contributed by atoms with Crippen molar-refractivity contribution in [3.05, 3.63) is 17.7 Å². The van der Waals surface area contributed by atoms with E-state index in [0.717, 1.165) is 19.3 Å². The molecule has 0 aliphatic carbocycles. The molecule has 1 aromatic carbocycles. The zero-order valence-electron chi connectivity index (χ0n) is 19.3. The summed E-state index contributed by atoms with van der Waals surface area (Å²) in [5, 5.41) is 12.9. The van der Waals surface area contributed by atoms with Crippen molar-refractivity contribution in [2.45, 2.75) is 85.0 Å². The number of unbranched alkanes of at least 4 members (excludes halogenated alkanes) is 9. The zero-order chi connectivity index (χ0) is 22.9. The number of hydrogen-bond acceptors (Lipinski definition) is 6. The van der Waals surface area contributed by atoms with Gasteiger partial charge in [0.25, 0.3) is 0 Å². The van der Waals surface area contributed by atoms with Crippen LogP contribution in [0.1, 0.15) is 95.3 Å². The zero-order valence-corrected chi connectivity index (χ0v) is 19.3. The molecule has 0 saturated heterocycles. The molecule has 0 saturated carbocycles. The van der Waals surface area contributed by atoms with Gasteiger partial charge in [-0.05, 0) is 32.4 Å². The van der Waals surface area contributed by atoms with Crippen LogP contribution >= 0.6 is 0 Å². The van der Waals surface area contributed by atoms with E-state index >= 15 is 0 Å². The van der Waals surface area contributed by atoms with Crippen LogP contribution in [0.3, 0.4) is 0 Å². The first-order valence-electron chi connectivity index (χ1n) is 11.6. The van der Waals surface area contributed by atoms with Crippen LogP contribution in [0.5, 0.6) is 11.5 Å². The minimum absolute atomic E-state index is 0.0175. The first-order valence-corrected chi connectivity index (χ1v) is 11.6. The molecule has 176 valence electrons. The smallest absolute Gasteiger partial charge is 0.411 e. The molecule has 0 unspecified atom stereocenters. The van der Waals surface area contributed by atoms with Crippen molar-refractivity contribution in [2.24, 2.45) is 0 Å². The van der Waals surface area contributed by atoms with Gasteiger partial charge in [0.1, 0.15) is 5.56 Å². The fraction of sp³-hybridized carbons (Fsp3) is 0.667. The second-order valence-corrected chi connectivity index (χ2v) is 7.43. The number of nitrogens with one attached hydrogen (secondary N) is 1. The van der Waals surface area contributed by atoms with Gasteiger partial charge in [-0.2, -0.15) is 0 Å². The highest BCUT2D eigenvalue weighted by Crippen LogP contribution is 2.38. The molecule has 7 heteroatoms. The van der Waals surface area contributed by atoms with E-state index in [2.05, 4.69) is 12.2 Å². The maximum absolute atomic E-state index is 12.1. The lowest BCUT2D eigenvalue weighted by Gasteiger charge is -2.15. The van der Waals surface area contributed by atoms with Gasteiger partial charge >= 0.3 is 12.1 Å². The summed E-state index contributed by atoms with van der Waals surface area (Å²) in [4.78, 5) is 24.0. The molecule has 0 spiro atoms. The Morgan fingerprint density at radius 3 is 2.03 bits per heavy atom. The summed E-state index contributed by atoms with van der Waals surface area (Å²) in [5.74, 6) is -1.01. The van der Waals surface area contributed by atoms with Crippen molar-refractivity contribution in [3.8, 4) is 11.5 Å². The maximum atomic E-state index is 12.1. The van der Waals surface area contributed by atoms with Crippen molar-refractivity contribution >= 4 is 17.7 Å². The predicted molar refractivity (Wildman–Crippen MR) is 122 cm³/mol. The highest BCUT2D eigenvalue weighted by molar-refractivity contribution is 5.96. The Hall–Kier alpha value is -2.44. The second kappa shape index (κ2) is 16.3. The van der Waals surface area contributed by atoms with Crippen molar-refractivity contribution in [1.29, 1.82) is 0 Å². The average Bonchev–Trinajstić information content (AvgIpc) is 2.74. The summed E-state index contributed by atoms with van der Waals surface area (Å²) in [6, 6.07) is 2.87. The Bertz CT molecular complexity index is 662. The summed E-state index contributed by atoms with van der Waals surface area (Å²) in [6.45, 7) is 6.42. The van der Waals surface area contributed by atoms with Crippen LogP contribution in [0.2, 0.25) is 0 Å². The molecule has 1 aromatic rings. The van der Waals surface area contributed by atoms with E-state index in [1.807, 2.05) is 0 Å². The normalized spacial score (nSPS) is 10.5. The van der Waals surface area contributed by atoms with E-state index in [1.165, 1.54) is 57.1 Å². The lowest BCUT2D eigenvalue weighted by atomic mass is 10.1. The summed E-state index contributed by atoms with van der Waals surface area (Å²) >= 11 is 0. The van der Waals surface area contributed by atoms with Crippen LogP contribution < -0.4 is 10.1 Å². The quantitative estimate of drug-likeness (QED) is 0.228. The molecule has 31 heavy (non-hydrogen) atoms. The fourth-order valence-corrected chi connectivity index (χ4v) is 3.23. The number of rotatable bonds is 16. The Morgan fingerprint density at radius 1 is 0.839 bits per heavy atom. The summed E-state index contributed by atoms with van der Waals surface area (Å²) in [5.41, 5.74) is 0.218. The number of phenolic OH excluding ortho intramolecular Hbond substituents is 1. The molecule has 0 fully saturated rings. The van der Waals surface area contributed by atoms with Gasteiger partial charge in [-0.25, -0.2) is 9.59 Å². The number of hydrogen-bond donors (Lipinski definition) is 2. The minimum atomic E-state index is -0.656. The van der Waals surface area contributed by atoms with Gasteiger partial charge in [0.15, 0.2) is 11.5 Å². The van der Waals surface area contributed by atoms with Crippen molar-refractivity contribution in [3.63, 3.8) is 0 Å². The van der Waals surface area contributed by atoms with Gasteiger partial charge in [0.2, 0.25) is 0 Å². The van der Waals surface area contributed by atoms with Crippen LogP contribution in [0, 0.1) is 0 Å². The van der Waals surface area contributed by atoms with E-state index in [4.69, 9.17) is 14.2 Å². The number of anilines is 1. The molecule has 1 amide bonds. The van der Waals surface area contributed by atoms with Crippen LogP contribution in [0.15, 0.2) is 12.1 Å². The first kappa shape index (κ1) is 26.6. The van der Waals surface area contributed by atoms with Crippen molar-refractivity contribution in [2.75, 3.05) is 25.1 Å². The Kier molecular flexibility index (Phi) is 14.0. The monoisotopic (exact) mass is 437 g/mol. The van der Waals surface area contributed by atoms with Gasteiger partial charge in [-0.3, -0.25) is 5.32 Å².